The number of fused-ring (bicyclic) bond motifs is 1. The van der Waals surface area contributed by atoms with E-state index in [1.807, 2.05) is 30.3 Å². The number of allylic oxidation sites excluding steroid dienone is 2. The van der Waals surface area contributed by atoms with Crippen LogP contribution in [-0.2, 0) is 4.79 Å². The lowest BCUT2D eigenvalue weighted by atomic mass is 9.81. The van der Waals surface area contributed by atoms with Crippen molar-refractivity contribution >= 4 is 17.9 Å². The van der Waals surface area contributed by atoms with Crippen LogP contribution in [0.3, 0.4) is 0 Å². The van der Waals surface area contributed by atoms with Crippen molar-refractivity contribution in [3.8, 4) is 0 Å². The van der Waals surface area contributed by atoms with Crippen molar-refractivity contribution in [2.45, 2.75) is 60.8 Å². The molecule has 0 saturated carbocycles. The predicted molar refractivity (Wildman–Crippen MR) is 102 cm³/mol. The third kappa shape index (κ3) is 7.97. The molecule has 1 aromatic carbocycles. The summed E-state index contributed by atoms with van der Waals surface area (Å²) in [5.74, 6) is 1.01. The monoisotopic (exact) mass is 312 g/mol. The van der Waals surface area contributed by atoms with E-state index >= 15 is 0 Å². The summed E-state index contributed by atoms with van der Waals surface area (Å²) in [6.07, 6.45) is 9.11. The van der Waals surface area contributed by atoms with Crippen LogP contribution in [0, 0.1) is 11.3 Å². The van der Waals surface area contributed by atoms with Crippen LogP contribution in [0.1, 0.15) is 60.8 Å². The fourth-order valence-electron chi connectivity index (χ4n) is 2.94. The molecule has 0 aliphatic heterocycles. The largest absolute Gasteiger partial charge is 0.294 e. The lowest BCUT2D eigenvalue weighted by Gasteiger charge is -2.25. The zero-order valence-corrected chi connectivity index (χ0v) is 15.6. The standard InChI is InChI=1S/C12H24.C10H8O/c1-10(2)7-8-12(5,6)9-11(3)4;11-10-6-5-8-3-1-2-4-9(8)7-10/h7,11H,8-9H2,1-6H3;1-5,7H,6H2. The molecule has 1 aliphatic rings. The van der Waals surface area contributed by atoms with E-state index in [1.54, 1.807) is 6.08 Å². The molecule has 0 amide bonds. The Labute approximate surface area is 141 Å². The lowest BCUT2D eigenvalue weighted by molar-refractivity contribution is -0.112. The lowest BCUT2D eigenvalue weighted by Crippen LogP contribution is -2.28. The fraction of sp³-hybridized carbons (Fsp3) is 0.500. The van der Waals surface area contributed by atoms with Gasteiger partial charge in [0, 0.05) is 6.42 Å². The molecular formula is C22H32O. The zero-order chi connectivity index (χ0) is 17.5. The Balaban J connectivity index is 0.000000230. The maximum Gasteiger partial charge on any atom is 0.160 e. The Hall–Kier alpha value is -1.63. The summed E-state index contributed by atoms with van der Waals surface area (Å²) in [6, 6.07) is 7.92. The number of carbonyl (C=O) groups is 1. The minimum Gasteiger partial charge on any atom is -0.294 e. The number of hydrogen-bond acceptors (Lipinski definition) is 1. The van der Waals surface area contributed by atoms with Crippen molar-refractivity contribution in [2.24, 2.45) is 11.3 Å². The van der Waals surface area contributed by atoms with Crippen LogP contribution >= 0.6 is 0 Å². The molecule has 0 saturated heterocycles. The fourth-order valence-corrected chi connectivity index (χ4v) is 2.94. The van der Waals surface area contributed by atoms with E-state index in [9.17, 15) is 4.79 Å². The number of ketones is 1. The maximum absolute atomic E-state index is 10.9. The highest BCUT2D eigenvalue weighted by Gasteiger charge is 2.17. The maximum atomic E-state index is 10.9. The van der Waals surface area contributed by atoms with Crippen LogP contribution in [0.25, 0.3) is 12.2 Å². The molecule has 1 heteroatoms. The Morgan fingerprint density at radius 2 is 1.78 bits per heavy atom. The van der Waals surface area contributed by atoms with Crippen LogP contribution < -0.4 is 10.4 Å². The van der Waals surface area contributed by atoms with Gasteiger partial charge < -0.3 is 0 Å². The molecule has 2 rings (SSSR count). The van der Waals surface area contributed by atoms with Crippen molar-refractivity contribution in [1.29, 1.82) is 0 Å². The average molecular weight is 312 g/mol. The summed E-state index contributed by atoms with van der Waals surface area (Å²) in [7, 11) is 0. The Kier molecular flexibility index (Phi) is 7.48. The van der Waals surface area contributed by atoms with Gasteiger partial charge in [-0.25, -0.2) is 0 Å². The van der Waals surface area contributed by atoms with Gasteiger partial charge in [0.15, 0.2) is 5.78 Å². The Morgan fingerprint density at radius 3 is 2.35 bits per heavy atom. The molecule has 0 atom stereocenters. The van der Waals surface area contributed by atoms with Gasteiger partial charge in [-0.3, -0.25) is 4.79 Å². The number of hydrogen-bond donors (Lipinski definition) is 0. The number of benzene rings is 1. The Bertz CT molecular complexity index is 655. The van der Waals surface area contributed by atoms with Crippen LogP contribution in [0.15, 0.2) is 35.9 Å². The molecule has 0 bridgehead atoms. The molecule has 23 heavy (non-hydrogen) atoms. The molecule has 126 valence electrons. The third-order valence-electron chi connectivity index (χ3n) is 3.86. The van der Waals surface area contributed by atoms with E-state index < -0.39 is 0 Å². The minimum atomic E-state index is 0.198. The molecule has 0 heterocycles. The minimum absolute atomic E-state index is 0.198. The highest BCUT2D eigenvalue weighted by atomic mass is 16.1. The summed E-state index contributed by atoms with van der Waals surface area (Å²) < 4.78 is 0. The van der Waals surface area contributed by atoms with Crippen LogP contribution in [0.5, 0.6) is 0 Å². The van der Waals surface area contributed by atoms with E-state index in [0.29, 0.717) is 11.8 Å². The second-order valence-electron chi connectivity index (χ2n) is 7.90. The summed E-state index contributed by atoms with van der Waals surface area (Å²) in [4.78, 5) is 10.9. The first-order valence-corrected chi connectivity index (χ1v) is 8.63. The quantitative estimate of drug-likeness (QED) is 0.741. The SMILES string of the molecule is CC(C)=CCC(C)(C)CC(C)C.O=C1C=c2ccccc2=CC1. The third-order valence-corrected chi connectivity index (χ3v) is 3.86. The normalized spacial score (nSPS) is 13.3. The van der Waals surface area contributed by atoms with Crippen molar-refractivity contribution in [2.75, 3.05) is 0 Å². The smallest absolute Gasteiger partial charge is 0.160 e. The molecule has 0 radical (unpaired) electrons. The summed E-state index contributed by atoms with van der Waals surface area (Å²) in [5.41, 5.74) is 1.91. The van der Waals surface area contributed by atoms with Gasteiger partial charge in [-0.1, -0.05) is 69.7 Å². The van der Waals surface area contributed by atoms with E-state index in [-0.39, 0.29) is 5.78 Å². The molecular weight excluding hydrogens is 280 g/mol. The zero-order valence-electron chi connectivity index (χ0n) is 15.6. The predicted octanol–water partition coefficient (Wildman–Crippen LogP) is 4.64. The number of rotatable bonds is 4. The second-order valence-corrected chi connectivity index (χ2v) is 7.90. The van der Waals surface area contributed by atoms with Crippen molar-refractivity contribution in [1.82, 2.24) is 0 Å². The van der Waals surface area contributed by atoms with E-state index in [0.717, 1.165) is 11.1 Å². The van der Waals surface area contributed by atoms with Gasteiger partial charge in [-0.15, -0.1) is 0 Å². The summed E-state index contributed by atoms with van der Waals surface area (Å²) in [6.45, 7) is 13.6. The summed E-state index contributed by atoms with van der Waals surface area (Å²) >= 11 is 0. The van der Waals surface area contributed by atoms with E-state index in [4.69, 9.17) is 0 Å². The van der Waals surface area contributed by atoms with Crippen LogP contribution in [0.2, 0.25) is 0 Å². The van der Waals surface area contributed by atoms with Gasteiger partial charge in [0.05, 0.1) is 0 Å². The molecule has 1 nitrogen and oxygen atoms in total. The first kappa shape index (κ1) is 19.4. The van der Waals surface area contributed by atoms with Crippen LogP contribution in [-0.4, -0.2) is 5.78 Å². The first-order valence-electron chi connectivity index (χ1n) is 8.63. The van der Waals surface area contributed by atoms with E-state index in [1.165, 1.54) is 23.6 Å². The van der Waals surface area contributed by atoms with Crippen LogP contribution in [0.4, 0.5) is 0 Å². The van der Waals surface area contributed by atoms with Crippen molar-refractivity contribution in [3.63, 3.8) is 0 Å². The molecule has 0 unspecified atom stereocenters. The first-order chi connectivity index (χ1) is 10.7. The molecule has 1 aromatic rings. The molecule has 0 spiro atoms. The molecule has 1 aliphatic carbocycles. The summed E-state index contributed by atoms with van der Waals surface area (Å²) in [5, 5.41) is 2.22. The topological polar surface area (TPSA) is 17.1 Å². The van der Waals surface area contributed by atoms with Gasteiger partial charge in [-0.05, 0) is 54.5 Å². The number of Topliss-reactive ketones (excluding diaryl/α,β-unsaturated/α-hetero) is 1. The van der Waals surface area contributed by atoms with Gasteiger partial charge in [0.1, 0.15) is 0 Å². The number of carbonyl (C=O) groups excluding carboxylic acids is 1. The van der Waals surface area contributed by atoms with Gasteiger partial charge in [0.25, 0.3) is 0 Å². The van der Waals surface area contributed by atoms with Gasteiger partial charge in [0.2, 0.25) is 0 Å². The second kappa shape index (κ2) is 8.86. The van der Waals surface area contributed by atoms with Gasteiger partial charge in [-0.2, -0.15) is 0 Å². The van der Waals surface area contributed by atoms with Gasteiger partial charge >= 0.3 is 0 Å². The van der Waals surface area contributed by atoms with Crippen molar-refractivity contribution in [3.05, 3.63) is 46.4 Å². The highest BCUT2D eigenvalue weighted by molar-refractivity contribution is 6.09. The average Bonchev–Trinajstić information content (AvgIpc) is 2.44. The molecule has 0 aromatic heterocycles. The Morgan fingerprint density at radius 1 is 1.17 bits per heavy atom. The highest BCUT2D eigenvalue weighted by Crippen LogP contribution is 2.29. The molecule has 0 fully saturated rings. The molecule has 0 N–H and O–H groups in total. The van der Waals surface area contributed by atoms with Crippen molar-refractivity contribution < 1.29 is 4.79 Å². The van der Waals surface area contributed by atoms with E-state index in [2.05, 4.69) is 47.6 Å².